The Balaban J connectivity index is 3.01. The molecule has 0 saturated carbocycles. The van der Waals surface area contributed by atoms with Crippen LogP contribution in [0.5, 0.6) is 0 Å². The zero-order valence-corrected chi connectivity index (χ0v) is 8.82. The molecule has 0 fully saturated rings. The minimum Gasteiger partial charge on any atom is -0.473 e. The first kappa shape index (κ1) is 13.5. The molecule has 0 radical (unpaired) electrons. The van der Waals surface area contributed by atoms with Gasteiger partial charge in [-0.25, -0.2) is 0 Å². The van der Waals surface area contributed by atoms with Crippen LogP contribution in [0.4, 0.5) is 0 Å². The van der Waals surface area contributed by atoms with Crippen LogP contribution in [-0.2, 0) is 4.74 Å². The van der Waals surface area contributed by atoms with E-state index < -0.39 is 6.29 Å². The normalized spacial score (nSPS) is 12.4. The van der Waals surface area contributed by atoms with Gasteiger partial charge in [-0.15, -0.1) is 0 Å². The average molecular weight is 202 g/mol. The van der Waals surface area contributed by atoms with E-state index in [4.69, 9.17) is 14.9 Å². The summed E-state index contributed by atoms with van der Waals surface area (Å²) in [5.41, 5.74) is 0. The number of ether oxygens (including phenoxy) is 1. The standard InChI is InChI=1S/C11H22O3/c1-2-14-11(13)9-7-5-3-4-6-8-10-12/h2,11-13H,1,3-10H2. The van der Waals surface area contributed by atoms with Gasteiger partial charge < -0.3 is 14.9 Å². The predicted molar refractivity (Wildman–Crippen MR) is 56.7 cm³/mol. The molecule has 3 heteroatoms. The van der Waals surface area contributed by atoms with Crippen molar-refractivity contribution in [1.82, 2.24) is 0 Å². The first-order chi connectivity index (χ1) is 6.81. The first-order valence-corrected chi connectivity index (χ1v) is 5.36. The molecule has 1 atom stereocenters. The molecule has 0 heterocycles. The number of rotatable bonds is 10. The summed E-state index contributed by atoms with van der Waals surface area (Å²) >= 11 is 0. The van der Waals surface area contributed by atoms with E-state index >= 15 is 0 Å². The second kappa shape index (κ2) is 10.5. The summed E-state index contributed by atoms with van der Waals surface area (Å²) in [6, 6.07) is 0. The van der Waals surface area contributed by atoms with E-state index in [0.29, 0.717) is 13.0 Å². The molecule has 0 saturated heterocycles. The zero-order chi connectivity index (χ0) is 10.6. The molecular weight excluding hydrogens is 180 g/mol. The zero-order valence-electron chi connectivity index (χ0n) is 8.82. The molecule has 0 aliphatic heterocycles. The maximum Gasteiger partial charge on any atom is 0.196 e. The molecule has 0 bridgehead atoms. The minimum atomic E-state index is -0.690. The highest BCUT2D eigenvalue weighted by Gasteiger charge is 2.00. The first-order valence-electron chi connectivity index (χ1n) is 5.36. The summed E-state index contributed by atoms with van der Waals surface area (Å²) in [5, 5.41) is 17.7. The van der Waals surface area contributed by atoms with Crippen LogP contribution in [0.2, 0.25) is 0 Å². The Morgan fingerprint density at radius 3 is 2.21 bits per heavy atom. The monoisotopic (exact) mass is 202 g/mol. The van der Waals surface area contributed by atoms with Crippen molar-refractivity contribution in [2.45, 2.75) is 51.2 Å². The van der Waals surface area contributed by atoms with Crippen LogP contribution >= 0.6 is 0 Å². The van der Waals surface area contributed by atoms with Crippen LogP contribution in [0.3, 0.4) is 0 Å². The highest BCUT2D eigenvalue weighted by Crippen LogP contribution is 2.09. The molecule has 0 aliphatic rings. The molecular formula is C11H22O3. The Morgan fingerprint density at radius 1 is 1.07 bits per heavy atom. The summed E-state index contributed by atoms with van der Waals surface area (Å²) in [4.78, 5) is 0. The van der Waals surface area contributed by atoms with Crippen LogP contribution in [0.1, 0.15) is 44.9 Å². The van der Waals surface area contributed by atoms with E-state index in [1.54, 1.807) is 0 Å². The Morgan fingerprint density at radius 2 is 1.64 bits per heavy atom. The highest BCUT2D eigenvalue weighted by atomic mass is 16.6. The van der Waals surface area contributed by atoms with Crippen molar-refractivity contribution >= 4 is 0 Å². The molecule has 0 aliphatic carbocycles. The maximum atomic E-state index is 9.16. The van der Waals surface area contributed by atoms with Crippen molar-refractivity contribution in [2.24, 2.45) is 0 Å². The number of unbranched alkanes of at least 4 members (excludes halogenated alkanes) is 5. The van der Waals surface area contributed by atoms with E-state index in [-0.39, 0.29) is 0 Å². The van der Waals surface area contributed by atoms with Gasteiger partial charge in [-0.05, 0) is 12.8 Å². The van der Waals surface area contributed by atoms with Gasteiger partial charge in [-0.1, -0.05) is 32.3 Å². The Kier molecular flexibility index (Phi) is 10.1. The van der Waals surface area contributed by atoms with E-state index in [0.717, 1.165) is 25.7 Å². The van der Waals surface area contributed by atoms with Crippen LogP contribution in [-0.4, -0.2) is 23.1 Å². The van der Waals surface area contributed by atoms with Crippen LogP contribution in [0.15, 0.2) is 12.8 Å². The van der Waals surface area contributed by atoms with E-state index in [1.807, 2.05) is 0 Å². The van der Waals surface area contributed by atoms with E-state index in [9.17, 15) is 0 Å². The van der Waals surface area contributed by atoms with E-state index in [2.05, 4.69) is 6.58 Å². The van der Waals surface area contributed by atoms with E-state index in [1.165, 1.54) is 19.1 Å². The summed E-state index contributed by atoms with van der Waals surface area (Å²) in [6.45, 7) is 3.67. The van der Waals surface area contributed by atoms with Crippen LogP contribution in [0, 0.1) is 0 Å². The van der Waals surface area contributed by atoms with Gasteiger partial charge in [0.15, 0.2) is 6.29 Å². The summed E-state index contributed by atoms with van der Waals surface area (Å²) in [7, 11) is 0. The van der Waals surface area contributed by atoms with Gasteiger partial charge in [-0.3, -0.25) is 0 Å². The molecule has 1 unspecified atom stereocenters. The highest BCUT2D eigenvalue weighted by molar-refractivity contribution is 4.53. The third-order valence-corrected chi connectivity index (χ3v) is 2.11. The van der Waals surface area contributed by atoms with Crippen molar-refractivity contribution in [3.63, 3.8) is 0 Å². The van der Waals surface area contributed by atoms with Gasteiger partial charge in [0.1, 0.15) is 0 Å². The lowest BCUT2D eigenvalue weighted by Crippen LogP contribution is -2.07. The molecule has 0 spiro atoms. The quantitative estimate of drug-likeness (QED) is 0.324. The second-order valence-corrected chi connectivity index (χ2v) is 3.39. The van der Waals surface area contributed by atoms with Gasteiger partial charge in [-0.2, -0.15) is 0 Å². The molecule has 2 N–H and O–H groups in total. The van der Waals surface area contributed by atoms with Crippen LogP contribution in [0.25, 0.3) is 0 Å². The Hall–Kier alpha value is -0.540. The number of aliphatic hydroxyl groups is 2. The SMILES string of the molecule is C=COC(O)CCCCCCCCO. The second-order valence-electron chi connectivity index (χ2n) is 3.39. The van der Waals surface area contributed by atoms with Crippen molar-refractivity contribution < 1.29 is 14.9 Å². The van der Waals surface area contributed by atoms with Crippen molar-refractivity contribution in [2.75, 3.05) is 6.61 Å². The number of hydrogen-bond acceptors (Lipinski definition) is 3. The summed E-state index contributed by atoms with van der Waals surface area (Å²) in [6.07, 6.45) is 7.68. The fraction of sp³-hybridized carbons (Fsp3) is 0.818. The fourth-order valence-corrected chi connectivity index (χ4v) is 1.32. The Labute approximate surface area is 86.4 Å². The van der Waals surface area contributed by atoms with Crippen molar-refractivity contribution in [3.8, 4) is 0 Å². The number of hydrogen-bond donors (Lipinski definition) is 2. The summed E-state index contributed by atoms with van der Waals surface area (Å²) in [5.74, 6) is 0. The average Bonchev–Trinajstić information content (AvgIpc) is 2.17. The fourth-order valence-electron chi connectivity index (χ4n) is 1.32. The third-order valence-electron chi connectivity index (χ3n) is 2.11. The lowest BCUT2D eigenvalue weighted by Gasteiger charge is -2.08. The molecule has 3 nitrogen and oxygen atoms in total. The largest absolute Gasteiger partial charge is 0.473 e. The van der Waals surface area contributed by atoms with Gasteiger partial charge in [0.25, 0.3) is 0 Å². The molecule has 0 amide bonds. The lowest BCUT2D eigenvalue weighted by atomic mass is 10.1. The van der Waals surface area contributed by atoms with Gasteiger partial charge in [0, 0.05) is 13.0 Å². The smallest absolute Gasteiger partial charge is 0.196 e. The molecule has 0 aromatic carbocycles. The third kappa shape index (κ3) is 9.55. The van der Waals surface area contributed by atoms with Crippen LogP contribution < -0.4 is 0 Å². The number of aliphatic hydroxyl groups excluding tert-OH is 2. The van der Waals surface area contributed by atoms with Crippen molar-refractivity contribution in [1.29, 1.82) is 0 Å². The molecule has 84 valence electrons. The van der Waals surface area contributed by atoms with Crippen molar-refractivity contribution in [3.05, 3.63) is 12.8 Å². The molecule has 14 heavy (non-hydrogen) atoms. The summed E-state index contributed by atoms with van der Waals surface area (Å²) < 4.78 is 4.77. The van der Waals surface area contributed by atoms with Gasteiger partial charge >= 0.3 is 0 Å². The van der Waals surface area contributed by atoms with Gasteiger partial charge in [0.05, 0.1) is 6.26 Å². The predicted octanol–water partition coefficient (Wildman–Crippen LogP) is 2.19. The molecule has 0 aromatic rings. The maximum absolute atomic E-state index is 9.16. The molecule has 0 rings (SSSR count). The van der Waals surface area contributed by atoms with Gasteiger partial charge in [0.2, 0.25) is 0 Å². The Bertz CT molecular complexity index is 126. The lowest BCUT2D eigenvalue weighted by molar-refractivity contribution is -0.0569. The minimum absolute atomic E-state index is 0.298. The molecule has 0 aromatic heterocycles. The topological polar surface area (TPSA) is 49.7 Å².